The van der Waals surface area contributed by atoms with Gasteiger partial charge in [0.15, 0.2) is 0 Å². The van der Waals surface area contributed by atoms with E-state index >= 15 is 0 Å². The molecule has 4 heteroatoms. The third-order valence-corrected chi connectivity index (χ3v) is 3.93. The van der Waals surface area contributed by atoms with Gasteiger partial charge in [-0.05, 0) is 38.1 Å². The molecule has 1 aromatic rings. The summed E-state index contributed by atoms with van der Waals surface area (Å²) < 4.78 is 0. The highest BCUT2D eigenvalue weighted by Gasteiger charge is 2.11. The highest BCUT2D eigenvalue weighted by molar-refractivity contribution is 5.92. The molecule has 2 rings (SSSR count). The zero-order chi connectivity index (χ0) is 14.9. The van der Waals surface area contributed by atoms with Gasteiger partial charge < -0.3 is 10.2 Å². The van der Waals surface area contributed by atoms with Crippen LogP contribution in [0, 0.1) is 11.3 Å². The van der Waals surface area contributed by atoms with E-state index in [9.17, 15) is 4.79 Å². The second-order valence-electron chi connectivity index (χ2n) is 5.56. The van der Waals surface area contributed by atoms with Crippen molar-refractivity contribution >= 4 is 11.6 Å². The molecular weight excluding hydrogens is 262 g/mol. The van der Waals surface area contributed by atoms with Crippen molar-refractivity contribution in [2.75, 3.05) is 25.0 Å². The van der Waals surface area contributed by atoms with Crippen molar-refractivity contribution in [3.05, 3.63) is 29.8 Å². The molecule has 1 heterocycles. The quantitative estimate of drug-likeness (QED) is 0.924. The summed E-state index contributed by atoms with van der Waals surface area (Å²) >= 11 is 0. The molecule has 1 saturated heterocycles. The molecule has 21 heavy (non-hydrogen) atoms. The van der Waals surface area contributed by atoms with E-state index in [0.29, 0.717) is 17.7 Å². The molecule has 1 aliphatic rings. The van der Waals surface area contributed by atoms with Gasteiger partial charge in [0.2, 0.25) is 5.91 Å². The van der Waals surface area contributed by atoms with E-state index in [-0.39, 0.29) is 5.91 Å². The maximum Gasteiger partial charge on any atom is 0.225 e. The van der Waals surface area contributed by atoms with Gasteiger partial charge >= 0.3 is 0 Å². The van der Waals surface area contributed by atoms with Crippen molar-refractivity contribution < 1.29 is 4.79 Å². The Labute approximate surface area is 126 Å². The van der Waals surface area contributed by atoms with E-state index in [2.05, 4.69) is 16.3 Å². The number of carbonyl (C=O) groups is 1. The van der Waals surface area contributed by atoms with Crippen LogP contribution in [0.1, 0.15) is 44.1 Å². The molecule has 1 N–H and O–H groups in total. The van der Waals surface area contributed by atoms with Crippen molar-refractivity contribution in [2.45, 2.75) is 38.5 Å². The largest absolute Gasteiger partial charge is 0.325 e. The van der Waals surface area contributed by atoms with Gasteiger partial charge in [-0.15, -0.1) is 0 Å². The average molecular weight is 285 g/mol. The zero-order valence-electron chi connectivity index (χ0n) is 12.5. The predicted molar refractivity (Wildman–Crippen MR) is 83.9 cm³/mol. The smallest absolute Gasteiger partial charge is 0.225 e. The third-order valence-electron chi connectivity index (χ3n) is 3.93. The van der Waals surface area contributed by atoms with Gasteiger partial charge in [-0.2, -0.15) is 5.26 Å². The Kier molecular flexibility index (Phi) is 6.23. The molecule has 1 aromatic carbocycles. The molecule has 112 valence electrons. The molecule has 4 nitrogen and oxygen atoms in total. The molecule has 0 spiro atoms. The minimum Gasteiger partial charge on any atom is -0.325 e. The number of hydrogen-bond acceptors (Lipinski definition) is 3. The van der Waals surface area contributed by atoms with E-state index < -0.39 is 0 Å². The van der Waals surface area contributed by atoms with Crippen molar-refractivity contribution in [3.63, 3.8) is 0 Å². The maximum absolute atomic E-state index is 12.0. The van der Waals surface area contributed by atoms with E-state index in [1.54, 1.807) is 18.2 Å². The molecule has 1 aliphatic heterocycles. The number of likely N-dealkylation sites (tertiary alicyclic amines) is 1. The number of carbonyl (C=O) groups excluding carboxylic acids is 1. The lowest BCUT2D eigenvalue weighted by atomic mass is 10.1. The van der Waals surface area contributed by atoms with Crippen molar-refractivity contribution in [2.24, 2.45) is 0 Å². The fourth-order valence-electron chi connectivity index (χ4n) is 2.70. The van der Waals surface area contributed by atoms with Crippen LogP contribution < -0.4 is 5.32 Å². The van der Waals surface area contributed by atoms with Crippen LogP contribution in [0.3, 0.4) is 0 Å². The van der Waals surface area contributed by atoms with Crippen LogP contribution in [0.5, 0.6) is 0 Å². The summed E-state index contributed by atoms with van der Waals surface area (Å²) in [6.45, 7) is 3.00. The molecule has 0 bridgehead atoms. The highest BCUT2D eigenvalue weighted by atomic mass is 16.1. The first-order valence-corrected chi connectivity index (χ1v) is 7.81. The summed E-state index contributed by atoms with van der Waals surface area (Å²) in [5.74, 6) is -0.0141. The first-order valence-electron chi connectivity index (χ1n) is 7.81. The Balaban J connectivity index is 1.80. The predicted octanol–water partition coefficient (Wildman–Crippen LogP) is 3.15. The first kappa shape index (κ1) is 15.5. The number of anilines is 1. The molecule has 0 aliphatic carbocycles. The van der Waals surface area contributed by atoms with E-state index in [1.807, 2.05) is 6.07 Å². The number of amides is 1. The van der Waals surface area contributed by atoms with Crippen LogP contribution in [0.25, 0.3) is 0 Å². The van der Waals surface area contributed by atoms with Gasteiger partial charge in [0.25, 0.3) is 0 Å². The van der Waals surface area contributed by atoms with Gasteiger partial charge in [0, 0.05) is 13.0 Å². The number of para-hydroxylation sites is 1. The van der Waals surface area contributed by atoms with Gasteiger partial charge in [-0.3, -0.25) is 4.79 Å². The summed E-state index contributed by atoms with van der Waals surface area (Å²) in [4.78, 5) is 14.4. The van der Waals surface area contributed by atoms with E-state index in [1.165, 1.54) is 32.1 Å². The van der Waals surface area contributed by atoms with Crippen LogP contribution >= 0.6 is 0 Å². The minimum atomic E-state index is -0.0141. The van der Waals surface area contributed by atoms with Crippen molar-refractivity contribution in [1.82, 2.24) is 4.90 Å². The number of hydrogen-bond donors (Lipinski definition) is 1. The lowest BCUT2D eigenvalue weighted by molar-refractivity contribution is -0.116. The van der Waals surface area contributed by atoms with Crippen LogP contribution in [0.15, 0.2) is 24.3 Å². The van der Waals surface area contributed by atoms with Crippen LogP contribution in [-0.4, -0.2) is 30.4 Å². The van der Waals surface area contributed by atoms with E-state index in [0.717, 1.165) is 19.6 Å². The first-order chi connectivity index (χ1) is 10.3. The minimum absolute atomic E-state index is 0.0141. The third kappa shape index (κ3) is 5.20. The second-order valence-corrected chi connectivity index (χ2v) is 5.56. The molecule has 0 saturated carbocycles. The topological polar surface area (TPSA) is 56.1 Å². The molecule has 1 amide bonds. The Morgan fingerprint density at radius 1 is 1.14 bits per heavy atom. The summed E-state index contributed by atoms with van der Waals surface area (Å²) in [5, 5.41) is 11.9. The van der Waals surface area contributed by atoms with Crippen LogP contribution in [0.2, 0.25) is 0 Å². The van der Waals surface area contributed by atoms with Crippen molar-refractivity contribution in [1.29, 1.82) is 5.26 Å². The molecular formula is C17H23N3O. The monoisotopic (exact) mass is 285 g/mol. The van der Waals surface area contributed by atoms with Crippen LogP contribution in [-0.2, 0) is 4.79 Å². The Bertz CT molecular complexity index is 499. The maximum atomic E-state index is 12.0. The number of benzene rings is 1. The second kappa shape index (κ2) is 8.43. The molecule has 1 fully saturated rings. The summed E-state index contributed by atoms with van der Waals surface area (Å²) in [5.41, 5.74) is 1.12. The lowest BCUT2D eigenvalue weighted by Gasteiger charge is -2.24. The Morgan fingerprint density at radius 2 is 1.81 bits per heavy atom. The van der Waals surface area contributed by atoms with Gasteiger partial charge in [0.1, 0.15) is 6.07 Å². The number of nitrogens with one attached hydrogen (secondary N) is 1. The van der Waals surface area contributed by atoms with Gasteiger partial charge in [-0.1, -0.05) is 31.4 Å². The summed E-state index contributed by atoms with van der Waals surface area (Å²) in [6, 6.07) is 9.21. The number of nitriles is 1. The number of rotatable bonds is 4. The fraction of sp³-hybridized carbons (Fsp3) is 0.529. The SMILES string of the molecule is N#Cc1ccccc1NC(=O)CCN1CCCCCCC1. The van der Waals surface area contributed by atoms with Crippen molar-refractivity contribution in [3.8, 4) is 6.07 Å². The molecule has 0 unspecified atom stereocenters. The van der Waals surface area contributed by atoms with Gasteiger partial charge in [-0.25, -0.2) is 0 Å². The normalized spacial score (nSPS) is 16.5. The van der Waals surface area contributed by atoms with E-state index in [4.69, 9.17) is 5.26 Å². The molecule has 0 aromatic heterocycles. The standard InChI is InChI=1S/C17H23N3O/c18-14-15-8-4-5-9-16(15)19-17(21)10-13-20-11-6-2-1-3-7-12-20/h4-5,8-9H,1-3,6-7,10-13H2,(H,19,21). The highest BCUT2D eigenvalue weighted by Crippen LogP contribution is 2.14. The van der Waals surface area contributed by atoms with Crippen LogP contribution in [0.4, 0.5) is 5.69 Å². The molecule has 0 radical (unpaired) electrons. The lowest BCUT2D eigenvalue weighted by Crippen LogP contribution is -2.30. The zero-order valence-corrected chi connectivity index (χ0v) is 12.5. The Hall–Kier alpha value is -1.86. The van der Waals surface area contributed by atoms with Gasteiger partial charge in [0.05, 0.1) is 11.3 Å². The fourth-order valence-corrected chi connectivity index (χ4v) is 2.70. The average Bonchev–Trinajstić information content (AvgIpc) is 2.46. The summed E-state index contributed by atoms with van der Waals surface area (Å²) in [6.07, 6.45) is 6.91. The Morgan fingerprint density at radius 3 is 2.52 bits per heavy atom. The summed E-state index contributed by atoms with van der Waals surface area (Å²) in [7, 11) is 0. The number of nitrogens with zero attached hydrogens (tertiary/aromatic N) is 2. The molecule has 0 atom stereocenters.